The average Bonchev–Trinajstić information content (AvgIpc) is 2.41. The van der Waals surface area contributed by atoms with E-state index in [1.165, 1.54) is 18.2 Å². The number of nitrogen functional groups attached to an aromatic ring is 1. The first kappa shape index (κ1) is 15.7. The average molecular weight is 295 g/mol. The van der Waals surface area contributed by atoms with Crippen molar-refractivity contribution < 1.29 is 13.9 Å². The number of anilines is 2. The van der Waals surface area contributed by atoms with Crippen molar-refractivity contribution in [2.24, 2.45) is 0 Å². The zero-order chi connectivity index (χ0) is 15.6. The van der Waals surface area contributed by atoms with Crippen molar-refractivity contribution in [1.29, 1.82) is 0 Å². The molecule has 0 saturated carbocycles. The van der Waals surface area contributed by atoms with E-state index in [1.807, 2.05) is 25.7 Å². The zero-order valence-electron chi connectivity index (χ0n) is 12.6. The minimum absolute atomic E-state index is 0.0769. The molecule has 1 amide bonds. The molecule has 1 aromatic carbocycles. The fourth-order valence-corrected chi connectivity index (χ4v) is 2.58. The first-order valence-corrected chi connectivity index (χ1v) is 7.12. The van der Waals surface area contributed by atoms with Crippen LogP contribution in [-0.2, 0) is 9.53 Å². The molecule has 1 aliphatic rings. The molecule has 0 spiro atoms. The van der Waals surface area contributed by atoms with Gasteiger partial charge >= 0.3 is 0 Å². The van der Waals surface area contributed by atoms with Crippen LogP contribution in [-0.4, -0.2) is 42.1 Å². The highest BCUT2D eigenvalue weighted by Gasteiger charge is 2.29. The number of rotatable bonds is 3. The maximum Gasteiger partial charge on any atom is 0.241 e. The number of nitrogens with one attached hydrogen (secondary N) is 1. The van der Waals surface area contributed by atoms with Crippen LogP contribution in [0.2, 0.25) is 0 Å². The lowest BCUT2D eigenvalue weighted by Gasteiger charge is -2.38. The molecule has 116 valence electrons. The van der Waals surface area contributed by atoms with Crippen molar-refractivity contribution in [1.82, 2.24) is 4.90 Å². The molecule has 3 N–H and O–H groups in total. The number of benzene rings is 1. The van der Waals surface area contributed by atoms with Gasteiger partial charge in [-0.1, -0.05) is 0 Å². The summed E-state index contributed by atoms with van der Waals surface area (Å²) in [7, 11) is 0. The molecule has 1 unspecified atom stereocenters. The third-order valence-corrected chi connectivity index (χ3v) is 3.62. The summed E-state index contributed by atoms with van der Waals surface area (Å²) in [6.07, 6.45) is 0.154. The van der Waals surface area contributed by atoms with E-state index in [-0.39, 0.29) is 29.8 Å². The normalized spacial score (nSPS) is 24.6. The van der Waals surface area contributed by atoms with Crippen LogP contribution in [0, 0.1) is 5.82 Å². The number of halogens is 1. The molecule has 0 aromatic heterocycles. The van der Waals surface area contributed by atoms with E-state index >= 15 is 0 Å². The van der Waals surface area contributed by atoms with Gasteiger partial charge in [-0.05, 0) is 39.0 Å². The second kappa shape index (κ2) is 6.41. The molecule has 2 rings (SSSR count). The first-order chi connectivity index (χ1) is 9.86. The Morgan fingerprint density at radius 1 is 1.43 bits per heavy atom. The highest BCUT2D eigenvalue weighted by molar-refractivity contribution is 5.95. The number of carbonyl (C=O) groups is 1. The molecule has 21 heavy (non-hydrogen) atoms. The second-order valence-corrected chi connectivity index (χ2v) is 5.62. The lowest BCUT2D eigenvalue weighted by atomic mass is 10.1. The molecule has 1 heterocycles. The van der Waals surface area contributed by atoms with Gasteiger partial charge in [0.05, 0.1) is 23.9 Å². The Morgan fingerprint density at radius 3 is 2.67 bits per heavy atom. The van der Waals surface area contributed by atoms with Gasteiger partial charge in [-0.3, -0.25) is 9.69 Å². The lowest BCUT2D eigenvalue weighted by Crippen LogP contribution is -2.52. The Kier molecular flexibility index (Phi) is 4.80. The molecule has 6 heteroatoms. The summed E-state index contributed by atoms with van der Waals surface area (Å²) in [5.74, 6) is -0.741. The predicted molar refractivity (Wildman–Crippen MR) is 80.5 cm³/mol. The molecular formula is C15H22FN3O2. The molecule has 1 saturated heterocycles. The molecular weight excluding hydrogens is 273 g/mol. The van der Waals surface area contributed by atoms with Gasteiger partial charge in [0.2, 0.25) is 5.91 Å². The number of hydrogen-bond acceptors (Lipinski definition) is 4. The Bertz CT molecular complexity index is 514. The van der Waals surface area contributed by atoms with E-state index in [2.05, 4.69) is 5.32 Å². The van der Waals surface area contributed by atoms with E-state index in [9.17, 15) is 9.18 Å². The third kappa shape index (κ3) is 3.92. The van der Waals surface area contributed by atoms with E-state index in [0.29, 0.717) is 18.8 Å². The van der Waals surface area contributed by atoms with Crippen molar-refractivity contribution in [3.63, 3.8) is 0 Å². The van der Waals surface area contributed by atoms with Crippen molar-refractivity contribution in [3.8, 4) is 0 Å². The summed E-state index contributed by atoms with van der Waals surface area (Å²) < 4.78 is 19.3. The highest BCUT2D eigenvalue weighted by Crippen LogP contribution is 2.19. The fraction of sp³-hybridized carbons (Fsp3) is 0.533. The standard InChI is InChI=1S/C15H22FN3O2/c1-9-7-19(8-10(2)21-9)11(3)15(20)18-14-6-12(17)4-5-13(14)16/h4-6,9-11H,7-8,17H2,1-3H3,(H,18,20)/t9-,10+,11?. The van der Waals surface area contributed by atoms with Gasteiger partial charge < -0.3 is 15.8 Å². The molecule has 0 radical (unpaired) electrons. The van der Waals surface area contributed by atoms with E-state index in [0.717, 1.165) is 0 Å². The van der Waals surface area contributed by atoms with Crippen LogP contribution in [0.15, 0.2) is 18.2 Å². The maximum absolute atomic E-state index is 13.7. The highest BCUT2D eigenvalue weighted by atomic mass is 19.1. The number of nitrogens with two attached hydrogens (primary N) is 1. The number of carbonyl (C=O) groups excluding carboxylic acids is 1. The molecule has 3 atom stereocenters. The van der Waals surface area contributed by atoms with Gasteiger partial charge in [0.15, 0.2) is 0 Å². The van der Waals surface area contributed by atoms with Crippen LogP contribution in [0.1, 0.15) is 20.8 Å². The van der Waals surface area contributed by atoms with Gasteiger partial charge in [-0.15, -0.1) is 0 Å². The van der Waals surface area contributed by atoms with Crippen LogP contribution < -0.4 is 11.1 Å². The molecule has 0 aliphatic carbocycles. The summed E-state index contributed by atoms with van der Waals surface area (Å²) in [4.78, 5) is 14.3. The topological polar surface area (TPSA) is 67.6 Å². The summed E-state index contributed by atoms with van der Waals surface area (Å²) in [5, 5.41) is 2.60. The minimum Gasteiger partial charge on any atom is -0.399 e. The molecule has 1 aromatic rings. The van der Waals surface area contributed by atoms with Crippen LogP contribution in [0.5, 0.6) is 0 Å². The number of ether oxygens (including phenoxy) is 1. The molecule has 5 nitrogen and oxygen atoms in total. The van der Waals surface area contributed by atoms with Gasteiger partial charge in [0, 0.05) is 18.8 Å². The Labute approximate surface area is 124 Å². The number of nitrogens with zero attached hydrogens (tertiary/aromatic N) is 1. The van der Waals surface area contributed by atoms with E-state index < -0.39 is 5.82 Å². The van der Waals surface area contributed by atoms with Gasteiger partial charge in [-0.2, -0.15) is 0 Å². The van der Waals surface area contributed by atoms with Crippen LogP contribution in [0.3, 0.4) is 0 Å². The molecule has 1 fully saturated rings. The lowest BCUT2D eigenvalue weighted by molar-refractivity contribution is -0.126. The number of hydrogen-bond donors (Lipinski definition) is 2. The fourth-order valence-electron chi connectivity index (χ4n) is 2.58. The van der Waals surface area contributed by atoms with Crippen LogP contribution >= 0.6 is 0 Å². The molecule has 1 aliphatic heterocycles. The Balaban J connectivity index is 2.04. The van der Waals surface area contributed by atoms with Crippen molar-refractivity contribution in [2.75, 3.05) is 24.1 Å². The monoisotopic (exact) mass is 295 g/mol. The third-order valence-electron chi connectivity index (χ3n) is 3.62. The van der Waals surface area contributed by atoms with Crippen molar-refractivity contribution >= 4 is 17.3 Å². The number of morpholine rings is 1. The first-order valence-electron chi connectivity index (χ1n) is 7.12. The SMILES string of the molecule is CC(C(=O)Nc1cc(N)ccc1F)N1C[C@@H](C)O[C@@H](C)C1. The van der Waals surface area contributed by atoms with Crippen LogP contribution in [0.4, 0.5) is 15.8 Å². The Hall–Kier alpha value is -1.66. The predicted octanol–water partition coefficient (Wildman–Crippen LogP) is 1.84. The second-order valence-electron chi connectivity index (χ2n) is 5.62. The van der Waals surface area contributed by atoms with E-state index in [4.69, 9.17) is 10.5 Å². The smallest absolute Gasteiger partial charge is 0.241 e. The Morgan fingerprint density at radius 2 is 2.05 bits per heavy atom. The van der Waals surface area contributed by atoms with Crippen molar-refractivity contribution in [2.45, 2.75) is 39.0 Å². The zero-order valence-corrected chi connectivity index (χ0v) is 12.6. The van der Waals surface area contributed by atoms with Crippen LogP contribution in [0.25, 0.3) is 0 Å². The van der Waals surface area contributed by atoms with Gasteiger partial charge in [0.25, 0.3) is 0 Å². The summed E-state index contributed by atoms with van der Waals surface area (Å²) in [6.45, 7) is 7.12. The summed E-state index contributed by atoms with van der Waals surface area (Å²) in [6, 6.07) is 3.76. The quantitative estimate of drug-likeness (QED) is 0.835. The number of amides is 1. The van der Waals surface area contributed by atoms with Gasteiger partial charge in [0.1, 0.15) is 5.82 Å². The molecule has 0 bridgehead atoms. The summed E-state index contributed by atoms with van der Waals surface area (Å²) in [5.41, 5.74) is 6.14. The van der Waals surface area contributed by atoms with E-state index in [1.54, 1.807) is 0 Å². The maximum atomic E-state index is 13.7. The minimum atomic E-state index is -0.492. The summed E-state index contributed by atoms with van der Waals surface area (Å²) >= 11 is 0. The largest absolute Gasteiger partial charge is 0.399 e. The van der Waals surface area contributed by atoms with Crippen molar-refractivity contribution in [3.05, 3.63) is 24.0 Å². The van der Waals surface area contributed by atoms with Gasteiger partial charge in [-0.25, -0.2) is 4.39 Å².